The van der Waals surface area contributed by atoms with Crippen LogP contribution in [0, 0.1) is 0 Å². The Balaban J connectivity index is 1.70. The van der Waals surface area contributed by atoms with Crippen molar-refractivity contribution in [1.82, 2.24) is 10.2 Å². The highest BCUT2D eigenvalue weighted by Crippen LogP contribution is 2.18. The second kappa shape index (κ2) is 6.70. The van der Waals surface area contributed by atoms with Gasteiger partial charge in [-0.25, -0.2) is 0 Å². The number of phenols is 1. The lowest BCUT2D eigenvalue weighted by Gasteiger charge is -2.05. The van der Waals surface area contributed by atoms with Crippen molar-refractivity contribution in [2.45, 2.75) is 0 Å². The van der Waals surface area contributed by atoms with E-state index in [2.05, 4.69) is 15.5 Å². The first-order valence-electron chi connectivity index (χ1n) is 7.30. The van der Waals surface area contributed by atoms with E-state index in [0.717, 1.165) is 5.56 Å². The Labute approximate surface area is 138 Å². The van der Waals surface area contributed by atoms with Crippen molar-refractivity contribution in [3.8, 4) is 5.75 Å². The third-order valence-electron chi connectivity index (χ3n) is 3.39. The number of hydrogen-bond donors (Lipinski definition) is 4. The molecule has 0 unspecified atom stereocenters. The lowest BCUT2D eigenvalue weighted by atomic mass is 10.2. The van der Waals surface area contributed by atoms with Gasteiger partial charge in [-0.3, -0.25) is 9.89 Å². The molecule has 0 bridgehead atoms. The minimum Gasteiger partial charge on any atom is -0.508 e. The molecule has 0 saturated heterocycles. The summed E-state index contributed by atoms with van der Waals surface area (Å²) in [5.41, 5.74) is 8.73. The summed E-state index contributed by atoms with van der Waals surface area (Å²) in [6.45, 7) is 0. The van der Waals surface area contributed by atoms with E-state index in [-0.39, 0.29) is 11.7 Å². The number of anilines is 2. The summed E-state index contributed by atoms with van der Waals surface area (Å²) in [5, 5.41) is 18.8. The molecule has 120 valence electrons. The van der Waals surface area contributed by atoms with Gasteiger partial charge in [-0.05, 0) is 42.0 Å². The van der Waals surface area contributed by atoms with Gasteiger partial charge in [0.1, 0.15) is 11.4 Å². The Kier molecular flexibility index (Phi) is 4.29. The highest BCUT2D eigenvalue weighted by molar-refractivity contribution is 6.04. The molecule has 1 amide bonds. The number of aromatic amines is 1. The maximum Gasteiger partial charge on any atom is 0.273 e. The first-order chi connectivity index (χ1) is 11.6. The van der Waals surface area contributed by atoms with Crippen LogP contribution in [-0.4, -0.2) is 21.2 Å². The Bertz CT molecular complexity index is 882. The van der Waals surface area contributed by atoms with Crippen molar-refractivity contribution < 1.29 is 9.90 Å². The highest BCUT2D eigenvalue weighted by Gasteiger charge is 2.10. The number of rotatable bonds is 4. The van der Waals surface area contributed by atoms with Gasteiger partial charge in [0.15, 0.2) is 0 Å². The average molecular weight is 320 g/mol. The molecular weight excluding hydrogens is 304 g/mol. The number of nitrogens with zero attached hydrogens (tertiary/aromatic N) is 1. The van der Waals surface area contributed by atoms with Gasteiger partial charge in [-0.15, -0.1) is 0 Å². The fraction of sp³-hybridized carbons (Fsp3) is 0. The Morgan fingerprint density at radius 2 is 1.88 bits per heavy atom. The third kappa shape index (κ3) is 3.61. The largest absolute Gasteiger partial charge is 0.508 e. The standard InChI is InChI=1S/C18H16N4O2/c19-15-3-1-2-4-16(15)20-18(24)17-11-13(21-22-17)8-5-12-6-9-14(23)10-7-12/h1-11,23H,19H2,(H,20,24)(H,21,22)/b8-5+. The second-order valence-electron chi connectivity index (χ2n) is 5.17. The average Bonchev–Trinajstić information content (AvgIpc) is 3.06. The number of para-hydroxylation sites is 2. The first-order valence-corrected chi connectivity index (χ1v) is 7.30. The smallest absolute Gasteiger partial charge is 0.273 e. The van der Waals surface area contributed by atoms with Gasteiger partial charge in [-0.1, -0.05) is 30.3 Å². The zero-order valence-corrected chi connectivity index (χ0v) is 12.7. The van der Waals surface area contributed by atoms with Crippen molar-refractivity contribution in [3.63, 3.8) is 0 Å². The van der Waals surface area contributed by atoms with Crippen LogP contribution >= 0.6 is 0 Å². The minimum atomic E-state index is -0.315. The zero-order valence-electron chi connectivity index (χ0n) is 12.7. The Hall–Kier alpha value is -3.54. The van der Waals surface area contributed by atoms with Crippen LogP contribution in [0.5, 0.6) is 5.75 Å². The summed E-state index contributed by atoms with van der Waals surface area (Å²) < 4.78 is 0. The number of aromatic hydroxyl groups is 1. The maximum atomic E-state index is 12.2. The monoisotopic (exact) mass is 320 g/mol. The minimum absolute atomic E-state index is 0.214. The SMILES string of the molecule is Nc1ccccc1NC(=O)c1cc(/C=C/c2ccc(O)cc2)n[nH]1. The summed E-state index contributed by atoms with van der Waals surface area (Å²) in [4.78, 5) is 12.2. The molecule has 0 aliphatic rings. The van der Waals surface area contributed by atoms with Crippen LogP contribution in [0.3, 0.4) is 0 Å². The highest BCUT2D eigenvalue weighted by atomic mass is 16.3. The molecule has 1 aromatic heterocycles. The molecule has 0 atom stereocenters. The second-order valence-corrected chi connectivity index (χ2v) is 5.17. The number of carbonyl (C=O) groups excluding carboxylic acids is 1. The van der Waals surface area contributed by atoms with Crippen molar-refractivity contribution in [2.24, 2.45) is 0 Å². The predicted molar refractivity (Wildman–Crippen MR) is 94.4 cm³/mol. The number of aromatic nitrogens is 2. The van der Waals surface area contributed by atoms with Gasteiger partial charge in [0.2, 0.25) is 0 Å². The number of phenolic OH excluding ortho intramolecular Hbond substituents is 1. The van der Waals surface area contributed by atoms with Crippen molar-refractivity contribution >= 4 is 29.4 Å². The molecule has 0 radical (unpaired) electrons. The van der Waals surface area contributed by atoms with E-state index in [1.807, 2.05) is 6.08 Å². The lowest BCUT2D eigenvalue weighted by Crippen LogP contribution is -2.13. The summed E-state index contributed by atoms with van der Waals surface area (Å²) in [6, 6.07) is 15.5. The molecule has 0 saturated carbocycles. The molecule has 3 aromatic rings. The number of nitrogen functional groups attached to an aromatic ring is 1. The van der Waals surface area contributed by atoms with Gasteiger partial charge < -0.3 is 16.2 Å². The fourth-order valence-corrected chi connectivity index (χ4v) is 2.11. The topological polar surface area (TPSA) is 104 Å². The van der Waals surface area contributed by atoms with Crippen LogP contribution in [0.2, 0.25) is 0 Å². The summed E-state index contributed by atoms with van der Waals surface area (Å²) in [5.74, 6) is -0.101. The first kappa shape index (κ1) is 15.4. The van der Waals surface area contributed by atoms with Crippen LogP contribution < -0.4 is 11.1 Å². The van der Waals surface area contributed by atoms with E-state index in [9.17, 15) is 9.90 Å². The predicted octanol–water partition coefficient (Wildman–Crippen LogP) is 3.12. The van der Waals surface area contributed by atoms with Gasteiger partial charge >= 0.3 is 0 Å². The summed E-state index contributed by atoms with van der Waals surface area (Å²) in [7, 11) is 0. The summed E-state index contributed by atoms with van der Waals surface area (Å²) >= 11 is 0. The molecule has 0 spiro atoms. The van der Waals surface area contributed by atoms with Gasteiger partial charge in [-0.2, -0.15) is 5.10 Å². The molecular formula is C18H16N4O2. The van der Waals surface area contributed by atoms with E-state index in [4.69, 9.17) is 5.73 Å². The molecule has 6 heteroatoms. The van der Waals surface area contributed by atoms with E-state index in [1.54, 1.807) is 60.7 Å². The maximum absolute atomic E-state index is 12.2. The van der Waals surface area contributed by atoms with Crippen LogP contribution in [0.4, 0.5) is 11.4 Å². The number of benzene rings is 2. The van der Waals surface area contributed by atoms with Crippen molar-refractivity contribution in [3.05, 3.63) is 71.5 Å². The van der Waals surface area contributed by atoms with Crippen molar-refractivity contribution in [1.29, 1.82) is 0 Å². The van der Waals surface area contributed by atoms with Crippen LogP contribution in [0.25, 0.3) is 12.2 Å². The number of amides is 1. The molecule has 2 aromatic carbocycles. The van der Waals surface area contributed by atoms with Crippen molar-refractivity contribution in [2.75, 3.05) is 11.1 Å². The Morgan fingerprint density at radius 1 is 1.12 bits per heavy atom. The molecule has 5 N–H and O–H groups in total. The fourth-order valence-electron chi connectivity index (χ4n) is 2.11. The molecule has 0 aliphatic heterocycles. The van der Waals surface area contributed by atoms with Crippen LogP contribution in [0.1, 0.15) is 21.7 Å². The molecule has 6 nitrogen and oxygen atoms in total. The summed E-state index contributed by atoms with van der Waals surface area (Å²) in [6.07, 6.45) is 3.61. The molecule has 1 heterocycles. The number of nitrogens with one attached hydrogen (secondary N) is 2. The van der Waals surface area contributed by atoms with Gasteiger partial charge in [0.25, 0.3) is 5.91 Å². The van der Waals surface area contributed by atoms with E-state index < -0.39 is 0 Å². The van der Waals surface area contributed by atoms with Gasteiger partial charge in [0, 0.05) is 0 Å². The van der Waals surface area contributed by atoms with Crippen LogP contribution in [0.15, 0.2) is 54.6 Å². The molecule has 24 heavy (non-hydrogen) atoms. The lowest BCUT2D eigenvalue weighted by molar-refractivity contribution is 0.102. The quantitative estimate of drug-likeness (QED) is 0.554. The van der Waals surface area contributed by atoms with E-state index in [1.165, 1.54) is 0 Å². The molecule has 0 fully saturated rings. The van der Waals surface area contributed by atoms with E-state index in [0.29, 0.717) is 22.8 Å². The normalized spacial score (nSPS) is 10.8. The molecule has 0 aliphatic carbocycles. The van der Waals surface area contributed by atoms with E-state index >= 15 is 0 Å². The van der Waals surface area contributed by atoms with Gasteiger partial charge in [0.05, 0.1) is 17.1 Å². The number of hydrogen-bond acceptors (Lipinski definition) is 4. The Morgan fingerprint density at radius 3 is 2.62 bits per heavy atom. The zero-order chi connectivity index (χ0) is 16.9. The third-order valence-corrected chi connectivity index (χ3v) is 3.39. The van der Waals surface area contributed by atoms with Crippen LogP contribution in [-0.2, 0) is 0 Å². The number of carbonyl (C=O) groups is 1. The number of H-pyrrole nitrogens is 1. The molecule has 3 rings (SSSR count). The number of nitrogens with two attached hydrogens (primary N) is 1.